The summed E-state index contributed by atoms with van der Waals surface area (Å²) in [6.07, 6.45) is -0.369. The molecule has 2 rings (SSSR count). The zero-order chi connectivity index (χ0) is 16.8. The number of hydrazine groups is 1. The SMILES string of the molecule is CCOC(=O)CC(=O)NNc1nc(C)nc2c(OC)cccc12. The number of rotatable bonds is 6. The van der Waals surface area contributed by atoms with Crippen LogP contribution in [0.15, 0.2) is 18.2 Å². The maximum absolute atomic E-state index is 11.7. The van der Waals surface area contributed by atoms with Crippen molar-refractivity contribution in [2.45, 2.75) is 20.3 Å². The highest BCUT2D eigenvalue weighted by atomic mass is 16.5. The highest BCUT2D eigenvalue weighted by Crippen LogP contribution is 2.27. The van der Waals surface area contributed by atoms with Crippen molar-refractivity contribution in [1.29, 1.82) is 0 Å². The normalized spacial score (nSPS) is 10.2. The van der Waals surface area contributed by atoms with Crippen LogP contribution in [0, 0.1) is 6.92 Å². The number of aryl methyl sites for hydroxylation is 1. The Kier molecular flexibility index (Phi) is 5.29. The van der Waals surface area contributed by atoms with Crippen LogP contribution in [0.25, 0.3) is 10.9 Å². The average Bonchev–Trinajstić information content (AvgIpc) is 2.52. The number of nitrogens with zero attached hydrogens (tertiary/aromatic N) is 2. The van der Waals surface area contributed by atoms with E-state index in [1.54, 1.807) is 39.2 Å². The van der Waals surface area contributed by atoms with E-state index in [-0.39, 0.29) is 13.0 Å². The minimum Gasteiger partial charge on any atom is -0.494 e. The van der Waals surface area contributed by atoms with E-state index in [1.165, 1.54) is 0 Å². The fraction of sp³-hybridized carbons (Fsp3) is 0.333. The Morgan fingerprint density at radius 2 is 2.04 bits per heavy atom. The van der Waals surface area contributed by atoms with Crippen LogP contribution in [0.3, 0.4) is 0 Å². The van der Waals surface area contributed by atoms with E-state index in [4.69, 9.17) is 9.47 Å². The van der Waals surface area contributed by atoms with Gasteiger partial charge in [0.1, 0.15) is 23.5 Å². The number of ether oxygens (including phenoxy) is 2. The van der Waals surface area contributed by atoms with Gasteiger partial charge in [0.25, 0.3) is 0 Å². The molecule has 0 fully saturated rings. The van der Waals surface area contributed by atoms with Gasteiger partial charge in [0.2, 0.25) is 5.91 Å². The minimum absolute atomic E-state index is 0.231. The lowest BCUT2D eigenvalue weighted by atomic mass is 10.2. The second-order valence-electron chi connectivity index (χ2n) is 4.63. The van der Waals surface area contributed by atoms with Crippen LogP contribution >= 0.6 is 0 Å². The van der Waals surface area contributed by atoms with Gasteiger partial charge < -0.3 is 9.47 Å². The van der Waals surface area contributed by atoms with E-state index in [0.29, 0.717) is 28.3 Å². The largest absolute Gasteiger partial charge is 0.494 e. The molecule has 1 aromatic heterocycles. The third-order valence-electron chi connectivity index (χ3n) is 2.95. The average molecular weight is 318 g/mol. The van der Waals surface area contributed by atoms with Gasteiger partial charge in [-0.05, 0) is 26.0 Å². The smallest absolute Gasteiger partial charge is 0.315 e. The number of carbonyl (C=O) groups is 2. The van der Waals surface area contributed by atoms with Crippen LogP contribution in [0.4, 0.5) is 5.82 Å². The number of carbonyl (C=O) groups excluding carboxylic acids is 2. The van der Waals surface area contributed by atoms with Crippen LogP contribution in [-0.2, 0) is 14.3 Å². The maximum atomic E-state index is 11.7. The summed E-state index contributed by atoms with van der Waals surface area (Å²) in [6, 6.07) is 5.39. The minimum atomic E-state index is -0.586. The number of fused-ring (bicyclic) bond motifs is 1. The van der Waals surface area contributed by atoms with Crippen LogP contribution < -0.4 is 15.6 Å². The van der Waals surface area contributed by atoms with Gasteiger partial charge in [0, 0.05) is 5.39 Å². The molecule has 0 bridgehead atoms. The highest BCUT2D eigenvalue weighted by Gasteiger charge is 2.13. The second kappa shape index (κ2) is 7.39. The number of para-hydroxylation sites is 1. The molecular formula is C15H18N4O4. The molecule has 8 nitrogen and oxygen atoms in total. The van der Waals surface area contributed by atoms with Gasteiger partial charge in [-0.1, -0.05) is 6.07 Å². The molecule has 1 heterocycles. The molecule has 2 aromatic rings. The maximum Gasteiger partial charge on any atom is 0.315 e. The van der Waals surface area contributed by atoms with E-state index in [2.05, 4.69) is 20.8 Å². The molecule has 0 saturated carbocycles. The highest BCUT2D eigenvalue weighted by molar-refractivity contribution is 5.96. The molecule has 0 saturated heterocycles. The van der Waals surface area contributed by atoms with Crippen LogP contribution in [0.2, 0.25) is 0 Å². The molecule has 0 aliphatic carbocycles. The monoisotopic (exact) mass is 318 g/mol. The first-order valence-corrected chi connectivity index (χ1v) is 7.07. The van der Waals surface area contributed by atoms with Gasteiger partial charge >= 0.3 is 5.97 Å². The molecule has 0 unspecified atom stereocenters. The number of amides is 1. The molecule has 122 valence electrons. The number of methoxy groups -OCH3 is 1. The van der Waals surface area contributed by atoms with E-state index in [0.717, 1.165) is 0 Å². The summed E-state index contributed by atoms with van der Waals surface area (Å²) >= 11 is 0. The number of aromatic nitrogens is 2. The Morgan fingerprint density at radius 3 is 2.74 bits per heavy atom. The van der Waals surface area contributed by atoms with Gasteiger partial charge in [0.05, 0.1) is 13.7 Å². The molecular weight excluding hydrogens is 300 g/mol. The molecule has 8 heteroatoms. The lowest BCUT2D eigenvalue weighted by Gasteiger charge is -2.12. The zero-order valence-corrected chi connectivity index (χ0v) is 13.2. The van der Waals surface area contributed by atoms with E-state index >= 15 is 0 Å². The van der Waals surface area contributed by atoms with Gasteiger partial charge in [-0.3, -0.25) is 20.4 Å². The Labute approximate surface area is 133 Å². The molecule has 0 spiro atoms. The van der Waals surface area contributed by atoms with Gasteiger partial charge in [-0.2, -0.15) is 0 Å². The van der Waals surface area contributed by atoms with E-state index in [9.17, 15) is 9.59 Å². The van der Waals surface area contributed by atoms with Gasteiger partial charge in [0.15, 0.2) is 5.82 Å². The fourth-order valence-electron chi connectivity index (χ4n) is 2.01. The summed E-state index contributed by atoms with van der Waals surface area (Å²) in [6.45, 7) is 3.64. The Balaban J connectivity index is 2.17. The Hall–Kier alpha value is -2.90. The molecule has 2 N–H and O–H groups in total. The molecule has 23 heavy (non-hydrogen) atoms. The number of esters is 1. The summed E-state index contributed by atoms with van der Waals surface area (Å²) < 4.78 is 9.99. The van der Waals surface area contributed by atoms with Crippen molar-refractivity contribution >= 4 is 28.6 Å². The number of hydrogen-bond donors (Lipinski definition) is 2. The van der Waals surface area contributed by atoms with E-state index in [1.807, 2.05) is 0 Å². The van der Waals surface area contributed by atoms with E-state index < -0.39 is 11.9 Å². The molecule has 0 radical (unpaired) electrons. The van der Waals surface area contributed by atoms with Crippen molar-refractivity contribution in [3.8, 4) is 5.75 Å². The van der Waals surface area contributed by atoms with Gasteiger partial charge in [-0.25, -0.2) is 9.97 Å². The predicted octanol–water partition coefficient (Wildman–Crippen LogP) is 1.34. The van der Waals surface area contributed by atoms with Gasteiger partial charge in [-0.15, -0.1) is 0 Å². The molecule has 0 atom stereocenters. The first kappa shape index (κ1) is 16.5. The standard InChI is InChI=1S/C15H18N4O4/c1-4-23-13(21)8-12(20)18-19-15-10-6-5-7-11(22-3)14(10)16-9(2)17-15/h5-7H,4,8H2,1-3H3,(H,18,20)(H,16,17,19). The topological polar surface area (TPSA) is 102 Å². The zero-order valence-electron chi connectivity index (χ0n) is 13.2. The van der Waals surface area contributed by atoms with Crippen molar-refractivity contribution in [2.75, 3.05) is 19.1 Å². The first-order chi connectivity index (χ1) is 11.0. The summed E-state index contributed by atoms with van der Waals surface area (Å²) in [4.78, 5) is 31.6. The first-order valence-electron chi connectivity index (χ1n) is 7.07. The third-order valence-corrected chi connectivity index (χ3v) is 2.95. The summed E-state index contributed by atoms with van der Waals surface area (Å²) in [5.74, 6) is 0.439. The van der Waals surface area contributed by atoms with Crippen LogP contribution in [-0.4, -0.2) is 35.6 Å². The number of anilines is 1. The van der Waals surface area contributed by atoms with Crippen molar-refractivity contribution in [3.05, 3.63) is 24.0 Å². The Bertz CT molecular complexity index is 733. The summed E-state index contributed by atoms with van der Waals surface area (Å²) in [5.41, 5.74) is 5.77. The second-order valence-corrected chi connectivity index (χ2v) is 4.63. The third kappa shape index (κ3) is 4.06. The molecule has 0 aliphatic heterocycles. The van der Waals surface area contributed by atoms with Crippen molar-refractivity contribution in [1.82, 2.24) is 15.4 Å². The number of benzene rings is 1. The summed E-state index contributed by atoms with van der Waals surface area (Å²) in [7, 11) is 1.56. The van der Waals surface area contributed by atoms with Crippen molar-refractivity contribution in [3.63, 3.8) is 0 Å². The molecule has 1 aromatic carbocycles. The molecule has 1 amide bonds. The fourth-order valence-corrected chi connectivity index (χ4v) is 2.01. The predicted molar refractivity (Wildman–Crippen MR) is 83.8 cm³/mol. The lowest BCUT2D eigenvalue weighted by molar-refractivity contribution is -0.145. The quantitative estimate of drug-likeness (QED) is 0.471. The Morgan fingerprint density at radius 1 is 1.26 bits per heavy atom. The lowest BCUT2D eigenvalue weighted by Crippen LogP contribution is -2.32. The number of hydrogen-bond acceptors (Lipinski definition) is 7. The van der Waals surface area contributed by atoms with Crippen molar-refractivity contribution in [2.24, 2.45) is 0 Å². The van der Waals surface area contributed by atoms with Crippen molar-refractivity contribution < 1.29 is 19.1 Å². The number of nitrogens with one attached hydrogen (secondary N) is 2. The molecule has 0 aliphatic rings. The van der Waals surface area contributed by atoms with Crippen LogP contribution in [0.5, 0.6) is 5.75 Å². The summed E-state index contributed by atoms with van der Waals surface area (Å²) in [5, 5.41) is 0.686. The van der Waals surface area contributed by atoms with Crippen LogP contribution in [0.1, 0.15) is 19.2 Å².